The van der Waals surface area contributed by atoms with Crippen molar-refractivity contribution < 1.29 is 28.3 Å². The number of benzene rings is 2. The Balaban J connectivity index is 2.02. The van der Waals surface area contributed by atoms with E-state index in [2.05, 4.69) is 12.1 Å². The van der Waals surface area contributed by atoms with Crippen molar-refractivity contribution >= 4 is 13.6 Å². The summed E-state index contributed by atoms with van der Waals surface area (Å²) >= 11 is 0. The first-order chi connectivity index (χ1) is 13.0. The summed E-state index contributed by atoms with van der Waals surface area (Å²) in [7, 11) is -3.80. The number of carboxylic acid groups (broad SMARTS) is 1. The Morgan fingerprint density at radius 3 is 2.04 bits per heavy atom. The lowest BCUT2D eigenvalue weighted by molar-refractivity contribution is -0.137. The van der Waals surface area contributed by atoms with Crippen LogP contribution in [0.25, 0.3) is 0 Å². The van der Waals surface area contributed by atoms with Gasteiger partial charge in [-0.3, -0.25) is 9.36 Å². The molecule has 0 aliphatic heterocycles. The molecule has 0 radical (unpaired) electrons. The lowest BCUT2D eigenvalue weighted by Crippen LogP contribution is -2.29. The first kappa shape index (κ1) is 21.2. The molecule has 0 amide bonds. The van der Waals surface area contributed by atoms with Crippen LogP contribution in [0.2, 0.25) is 0 Å². The molecule has 6 nitrogen and oxygen atoms in total. The Kier molecular flexibility index (Phi) is 8.04. The minimum absolute atomic E-state index is 0.0925. The highest BCUT2D eigenvalue weighted by Crippen LogP contribution is 2.53. The Morgan fingerprint density at radius 2 is 1.52 bits per heavy atom. The molecule has 7 heteroatoms. The second-order valence-electron chi connectivity index (χ2n) is 5.85. The first-order valence-corrected chi connectivity index (χ1v) is 10.5. The third kappa shape index (κ3) is 6.21. The molecule has 0 saturated carbocycles. The van der Waals surface area contributed by atoms with Gasteiger partial charge in [0.25, 0.3) is 0 Å². The molecule has 0 saturated heterocycles. The van der Waals surface area contributed by atoms with E-state index in [9.17, 15) is 14.5 Å². The molecule has 2 rings (SSSR count). The van der Waals surface area contributed by atoms with Crippen LogP contribution in [-0.4, -0.2) is 36.6 Å². The maximum atomic E-state index is 12.7. The number of carboxylic acids is 1. The van der Waals surface area contributed by atoms with Crippen LogP contribution in [0.15, 0.2) is 54.6 Å². The molecule has 146 valence electrons. The maximum absolute atomic E-state index is 12.7. The normalized spacial score (nSPS) is 12.5. The van der Waals surface area contributed by atoms with Gasteiger partial charge in [0.2, 0.25) is 0 Å². The Bertz CT molecular complexity index is 750. The van der Waals surface area contributed by atoms with Gasteiger partial charge in [-0.05, 0) is 43.5 Å². The van der Waals surface area contributed by atoms with Crippen molar-refractivity contribution in [1.82, 2.24) is 0 Å². The predicted molar refractivity (Wildman–Crippen MR) is 103 cm³/mol. The minimum Gasteiger partial charge on any atom is -0.492 e. The molecule has 0 bridgehead atoms. The highest BCUT2D eigenvalue weighted by molar-refractivity contribution is 7.55. The van der Waals surface area contributed by atoms with E-state index in [1.165, 1.54) is 5.56 Å². The number of carbonyl (C=O) groups is 1. The van der Waals surface area contributed by atoms with Gasteiger partial charge < -0.3 is 18.9 Å². The molecule has 1 N–H and O–H groups in total. The topological polar surface area (TPSA) is 82.1 Å². The van der Waals surface area contributed by atoms with Gasteiger partial charge in [-0.1, -0.05) is 42.5 Å². The third-order valence-electron chi connectivity index (χ3n) is 3.87. The van der Waals surface area contributed by atoms with Gasteiger partial charge in [-0.2, -0.15) is 0 Å². The lowest BCUT2D eigenvalue weighted by atomic mass is 10.1. The summed E-state index contributed by atoms with van der Waals surface area (Å²) in [6, 6.07) is 17.4. The average Bonchev–Trinajstić information content (AvgIpc) is 2.64. The molecule has 1 unspecified atom stereocenters. The molecule has 2 aromatic rings. The summed E-state index contributed by atoms with van der Waals surface area (Å²) < 4.78 is 28.6. The summed E-state index contributed by atoms with van der Waals surface area (Å²) in [4.78, 5) is 11.6. The Hall–Kier alpha value is -2.14. The average molecular weight is 392 g/mol. The van der Waals surface area contributed by atoms with Crippen LogP contribution >= 0.6 is 7.60 Å². The van der Waals surface area contributed by atoms with Crippen molar-refractivity contribution in [3.8, 4) is 5.75 Å². The smallest absolute Gasteiger partial charge is 0.348 e. The van der Waals surface area contributed by atoms with Crippen LogP contribution in [0.3, 0.4) is 0 Å². The van der Waals surface area contributed by atoms with Crippen LogP contribution < -0.4 is 4.74 Å². The van der Waals surface area contributed by atoms with Crippen LogP contribution in [0, 0.1) is 0 Å². The van der Waals surface area contributed by atoms with E-state index in [0.29, 0.717) is 5.75 Å². The third-order valence-corrected chi connectivity index (χ3v) is 6.24. The van der Waals surface area contributed by atoms with Crippen molar-refractivity contribution in [1.29, 1.82) is 0 Å². The van der Waals surface area contributed by atoms with E-state index in [1.54, 1.807) is 26.0 Å². The van der Waals surface area contributed by atoms with Crippen LogP contribution in [0.4, 0.5) is 0 Å². The van der Waals surface area contributed by atoms with Gasteiger partial charge in [0, 0.05) is 0 Å². The molecule has 27 heavy (non-hydrogen) atoms. The van der Waals surface area contributed by atoms with E-state index >= 15 is 0 Å². The number of aliphatic carboxylic acids is 1. The zero-order valence-electron chi connectivity index (χ0n) is 15.5. The molecular formula is C20H25O6P. The zero-order valence-corrected chi connectivity index (χ0v) is 16.4. The molecule has 0 aliphatic rings. The second-order valence-corrected chi connectivity index (χ2v) is 8.07. The lowest BCUT2D eigenvalue weighted by Gasteiger charge is -2.23. The summed E-state index contributed by atoms with van der Waals surface area (Å²) in [5.74, 6) is -0.779. The van der Waals surface area contributed by atoms with Crippen molar-refractivity contribution in [2.24, 2.45) is 0 Å². The van der Waals surface area contributed by atoms with Gasteiger partial charge in [0.15, 0.2) is 5.66 Å². The molecule has 1 atom stereocenters. The molecule has 0 heterocycles. The van der Waals surface area contributed by atoms with Crippen molar-refractivity contribution in [2.45, 2.75) is 25.9 Å². The molecule has 0 aromatic heterocycles. The Morgan fingerprint density at radius 1 is 0.963 bits per heavy atom. The fraction of sp³-hybridized carbons (Fsp3) is 0.350. The number of hydrogen-bond acceptors (Lipinski definition) is 5. The van der Waals surface area contributed by atoms with Gasteiger partial charge in [-0.15, -0.1) is 0 Å². The van der Waals surface area contributed by atoms with Crippen LogP contribution in [0.1, 0.15) is 25.0 Å². The minimum atomic E-state index is -3.80. The van der Waals surface area contributed by atoms with Gasteiger partial charge in [-0.25, -0.2) is 0 Å². The SMILES string of the molecule is CCOP(=O)(OCC)C(COc1ccc(Cc2ccccc2)cc1)C(=O)O. The van der Waals surface area contributed by atoms with Gasteiger partial charge in [0.05, 0.1) is 13.2 Å². The largest absolute Gasteiger partial charge is 0.492 e. The zero-order chi connectivity index (χ0) is 19.7. The fourth-order valence-electron chi connectivity index (χ4n) is 2.59. The summed E-state index contributed by atoms with van der Waals surface area (Å²) in [5, 5.41) is 9.44. The quantitative estimate of drug-likeness (QED) is 0.572. The highest BCUT2D eigenvalue weighted by atomic mass is 31.2. The Labute approximate surface area is 159 Å². The van der Waals surface area contributed by atoms with Crippen molar-refractivity contribution in [3.63, 3.8) is 0 Å². The van der Waals surface area contributed by atoms with Gasteiger partial charge in [0.1, 0.15) is 12.4 Å². The van der Waals surface area contributed by atoms with Gasteiger partial charge >= 0.3 is 13.6 Å². The summed E-state index contributed by atoms with van der Waals surface area (Å²) in [6.07, 6.45) is 0.794. The molecular weight excluding hydrogens is 367 g/mol. The van der Waals surface area contributed by atoms with E-state index in [4.69, 9.17) is 13.8 Å². The monoisotopic (exact) mass is 392 g/mol. The van der Waals surface area contributed by atoms with Crippen LogP contribution in [0.5, 0.6) is 5.75 Å². The van der Waals surface area contributed by atoms with Crippen molar-refractivity contribution in [3.05, 3.63) is 65.7 Å². The fourth-order valence-corrected chi connectivity index (χ4v) is 4.27. The molecule has 0 aliphatic carbocycles. The number of hydrogen-bond donors (Lipinski definition) is 1. The molecule has 0 fully saturated rings. The molecule has 0 spiro atoms. The maximum Gasteiger partial charge on any atom is 0.348 e. The second kappa shape index (κ2) is 10.3. The summed E-state index contributed by atoms with van der Waals surface area (Å²) in [6.45, 7) is 3.16. The number of rotatable bonds is 11. The summed E-state index contributed by atoms with van der Waals surface area (Å²) in [5.41, 5.74) is 0.922. The molecule has 2 aromatic carbocycles. The number of ether oxygens (including phenoxy) is 1. The van der Waals surface area contributed by atoms with E-state index in [0.717, 1.165) is 12.0 Å². The predicted octanol–water partition coefficient (Wildman–Crippen LogP) is 4.38. The van der Waals surface area contributed by atoms with E-state index in [-0.39, 0.29) is 19.8 Å². The standard InChI is InChI=1S/C20H25O6P/c1-3-25-27(23,26-4-2)19(20(21)22)15-24-18-12-10-17(11-13-18)14-16-8-6-5-7-9-16/h5-13,19H,3-4,14-15H2,1-2H3,(H,21,22). The van der Waals surface area contributed by atoms with E-state index in [1.807, 2.05) is 30.3 Å². The van der Waals surface area contributed by atoms with E-state index < -0.39 is 19.2 Å². The first-order valence-electron chi connectivity index (χ1n) is 8.85. The van der Waals surface area contributed by atoms with Crippen molar-refractivity contribution in [2.75, 3.05) is 19.8 Å². The highest BCUT2D eigenvalue weighted by Gasteiger charge is 2.42. The van der Waals surface area contributed by atoms with Crippen LogP contribution in [-0.2, 0) is 24.8 Å².